The van der Waals surface area contributed by atoms with E-state index < -0.39 is 26.5 Å². The minimum absolute atomic E-state index is 0.00286. The smallest absolute Gasteiger partial charge is 0.309 e. The van der Waals surface area contributed by atoms with Gasteiger partial charge in [-0.2, -0.15) is 4.39 Å². The summed E-state index contributed by atoms with van der Waals surface area (Å²) in [4.78, 5) is 9.67. The Hall–Kier alpha value is -1.58. The third-order valence-electron chi connectivity index (χ3n) is 3.04. The molecule has 0 spiro atoms. The van der Waals surface area contributed by atoms with Crippen LogP contribution in [0.1, 0.15) is 18.1 Å². The van der Waals surface area contributed by atoms with E-state index in [4.69, 9.17) is 4.74 Å². The quantitative estimate of drug-likeness (QED) is 0.635. The van der Waals surface area contributed by atoms with Crippen LogP contribution in [0.25, 0.3) is 0 Å². The molecule has 1 aromatic carbocycles. The number of sulfonamides is 1. The van der Waals surface area contributed by atoms with Gasteiger partial charge in [-0.15, -0.1) is 0 Å². The second kappa shape index (κ2) is 6.46. The van der Waals surface area contributed by atoms with E-state index in [0.717, 1.165) is 6.07 Å². The molecule has 0 fully saturated rings. The zero-order chi connectivity index (χ0) is 16.4. The van der Waals surface area contributed by atoms with Gasteiger partial charge in [0.15, 0.2) is 0 Å². The van der Waals surface area contributed by atoms with Gasteiger partial charge in [0.1, 0.15) is 0 Å². The molecule has 0 saturated heterocycles. The first kappa shape index (κ1) is 17.5. The molecule has 0 radical (unpaired) electrons. The number of hydrogen-bond acceptors (Lipinski definition) is 5. The molecule has 0 aliphatic heterocycles. The molecule has 1 unspecified atom stereocenters. The predicted octanol–water partition coefficient (Wildman–Crippen LogP) is 1.66. The number of methoxy groups -OCH3 is 1. The molecule has 21 heavy (non-hydrogen) atoms. The Morgan fingerprint density at radius 3 is 2.52 bits per heavy atom. The van der Waals surface area contributed by atoms with Crippen LogP contribution in [-0.4, -0.2) is 33.1 Å². The molecule has 7 nitrogen and oxygen atoms in total. The summed E-state index contributed by atoms with van der Waals surface area (Å²) in [5.41, 5.74) is -0.955. The van der Waals surface area contributed by atoms with Crippen LogP contribution >= 0.6 is 0 Å². The summed E-state index contributed by atoms with van der Waals surface area (Å²) in [5.74, 6) is -1.06. The number of aryl methyl sites for hydroxylation is 1. The molecule has 1 atom stereocenters. The molecule has 0 aliphatic rings. The highest BCUT2D eigenvalue weighted by Gasteiger charge is 2.29. The average molecular weight is 320 g/mol. The summed E-state index contributed by atoms with van der Waals surface area (Å²) in [6.45, 7) is 4.26. The minimum atomic E-state index is -4.00. The topological polar surface area (TPSA) is 98.5 Å². The molecule has 0 aromatic heterocycles. The molecule has 0 heterocycles. The Kier molecular flexibility index (Phi) is 5.37. The zero-order valence-electron chi connectivity index (χ0n) is 12.1. The molecule has 9 heteroatoms. The number of hydrogen-bond donors (Lipinski definition) is 1. The Labute approximate surface area is 122 Å². The number of ether oxygens (including phenoxy) is 1. The normalized spacial score (nSPS) is 13.2. The average Bonchev–Trinajstić information content (AvgIpc) is 2.34. The predicted molar refractivity (Wildman–Crippen MR) is 74.2 cm³/mol. The van der Waals surface area contributed by atoms with E-state index in [0.29, 0.717) is 0 Å². The van der Waals surface area contributed by atoms with Gasteiger partial charge < -0.3 is 4.74 Å². The molecular formula is C12H17FN2O5S. The first-order chi connectivity index (χ1) is 9.61. The summed E-state index contributed by atoms with van der Waals surface area (Å²) < 4.78 is 45.4. The summed E-state index contributed by atoms with van der Waals surface area (Å²) in [6.07, 6.45) is -0.365. The van der Waals surface area contributed by atoms with Gasteiger partial charge in [-0.05, 0) is 32.4 Å². The maximum atomic E-state index is 13.6. The van der Waals surface area contributed by atoms with Crippen molar-refractivity contribution in [3.05, 3.63) is 33.1 Å². The molecule has 0 aliphatic carbocycles. The molecule has 1 aromatic rings. The van der Waals surface area contributed by atoms with E-state index in [-0.39, 0.29) is 28.7 Å². The number of nitro benzene ring substituents is 1. The highest BCUT2D eigenvalue weighted by molar-refractivity contribution is 7.89. The van der Waals surface area contributed by atoms with Crippen molar-refractivity contribution < 1.29 is 22.5 Å². The SMILES string of the molecule is COC(C)CNS(=O)(=O)c1c(C)cc(F)c([N+](=O)[O-])c1C. The fourth-order valence-electron chi connectivity index (χ4n) is 1.93. The lowest BCUT2D eigenvalue weighted by Gasteiger charge is -2.15. The summed E-state index contributed by atoms with van der Waals surface area (Å²) >= 11 is 0. The van der Waals surface area contributed by atoms with Crippen molar-refractivity contribution in [3.8, 4) is 0 Å². The number of rotatable bonds is 6. The number of nitro groups is 1. The molecule has 0 saturated carbocycles. The van der Waals surface area contributed by atoms with Crippen molar-refractivity contribution in [1.29, 1.82) is 0 Å². The minimum Gasteiger partial charge on any atom is -0.380 e. The van der Waals surface area contributed by atoms with Crippen LogP contribution in [0.2, 0.25) is 0 Å². The lowest BCUT2D eigenvalue weighted by atomic mass is 10.1. The monoisotopic (exact) mass is 320 g/mol. The first-order valence-electron chi connectivity index (χ1n) is 6.08. The molecule has 1 rings (SSSR count). The molecular weight excluding hydrogens is 303 g/mol. The maximum absolute atomic E-state index is 13.6. The number of nitrogens with one attached hydrogen (secondary N) is 1. The molecule has 0 amide bonds. The van der Waals surface area contributed by atoms with Crippen LogP contribution < -0.4 is 4.72 Å². The Morgan fingerprint density at radius 2 is 2.05 bits per heavy atom. The van der Waals surface area contributed by atoms with Crippen LogP contribution in [0.5, 0.6) is 0 Å². The van der Waals surface area contributed by atoms with Gasteiger partial charge in [-0.25, -0.2) is 13.1 Å². The standard InChI is InChI=1S/C12H17FN2O5S/c1-7-5-10(13)11(15(16)17)9(3)12(7)21(18,19)14-6-8(2)20-4/h5,8,14H,6H2,1-4H3. The second-order valence-electron chi connectivity index (χ2n) is 4.63. The van der Waals surface area contributed by atoms with Gasteiger partial charge in [0.05, 0.1) is 21.5 Å². The number of nitrogens with zero attached hydrogens (tertiary/aromatic N) is 1. The molecule has 0 bridgehead atoms. The van der Waals surface area contributed by atoms with Crippen molar-refractivity contribution in [2.24, 2.45) is 0 Å². The Bertz CT molecular complexity index is 660. The maximum Gasteiger partial charge on any atom is 0.309 e. The summed E-state index contributed by atoms with van der Waals surface area (Å²) in [5, 5.41) is 10.9. The van der Waals surface area contributed by atoms with Crippen molar-refractivity contribution in [1.82, 2.24) is 4.72 Å². The third-order valence-corrected chi connectivity index (χ3v) is 4.75. The van der Waals surface area contributed by atoms with Gasteiger partial charge in [0, 0.05) is 13.7 Å². The van der Waals surface area contributed by atoms with Crippen LogP contribution in [0.4, 0.5) is 10.1 Å². The van der Waals surface area contributed by atoms with Crippen molar-refractivity contribution in [3.63, 3.8) is 0 Å². The molecule has 118 valence electrons. The zero-order valence-corrected chi connectivity index (χ0v) is 13.0. The van der Waals surface area contributed by atoms with Gasteiger partial charge in [-0.3, -0.25) is 10.1 Å². The van der Waals surface area contributed by atoms with Gasteiger partial charge >= 0.3 is 5.69 Å². The summed E-state index contributed by atoms with van der Waals surface area (Å²) in [6, 6.07) is 0.847. The van der Waals surface area contributed by atoms with Crippen LogP contribution in [0, 0.1) is 29.8 Å². The van der Waals surface area contributed by atoms with Crippen LogP contribution in [-0.2, 0) is 14.8 Å². The van der Waals surface area contributed by atoms with E-state index in [9.17, 15) is 22.9 Å². The van der Waals surface area contributed by atoms with Gasteiger partial charge in [0.25, 0.3) is 0 Å². The van der Waals surface area contributed by atoms with E-state index in [1.807, 2.05) is 0 Å². The van der Waals surface area contributed by atoms with Gasteiger partial charge in [-0.1, -0.05) is 0 Å². The van der Waals surface area contributed by atoms with E-state index in [1.165, 1.54) is 21.0 Å². The largest absolute Gasteiger partial charge is 0.380 e. The first-order valence-corrected chi connectivity index (χ1v) is 7.56. The van der Waals surface area contributed by atoms with E-state index >= 15 is 0 Å². The fourth-order valence-corrected chi connectivity index (χ4v) is 3.51. The van der Waals surface area contributed by atoms with Crippen LogP contribution in [0.3, 0.4) is 0 Å². The highest BCUT2D eigenvalue weighted by atomic mass is 32.2. The Balaban J connectivity index is 3.36. The van der Waals surface area contributed by atoms with E-state index in [1.54, 1.807) is 6.92 Å². The molecule has 1 N–H and O–H groups in total. The third kappa shape index (κ3) is 3.74. The summed E-state index contributed by atoms with van der Waals surface area (Å²) in [7, 11) is -2.57. The van der Waals surface area contributed by atoms with Gasteiger partial charge in [0.2, 0.25) is 15.8 Å². The van der Waals surface area contributed by atoms with Crippen molar-refractivity contribution in [2.75, 3.05) is 13.7 Å². The lowest BCUT2D eigenvalue weighted by Crippen LogP contribution is -2.32. The number of halogens is 1. The van der Waals surface area contributed by atoms with Crippen LogP contribution in [0.15, 0.2) is 11.0 Å². The second-order valence-corrected chi connectivity index (χ2v) is 6.34. The Morgan fingerprint density at radius 1 is 1.48 bits per heavy atom. The number of benzene rings is 1. The van der Waals surface area contributed by atoms with E-state index in [2.05, 4.69) is 4.72 Å². The highest BCUT2D eigenvalue weighted by Crippen LogP contribution is 2.30. The lowest BCUT2D eigenvalue weighted by molar-refractivity contribution is -0.388. The fraction of sp³-hybridized carbons (Fsp3) is 0.500. The van der Waals surface area contributed by atoms with Crippen molar-refractivity contribution in [2.45, 2.75) is 31.8 Å². The van der Waals surface area contributed by atoms with Crippen molar-refractivity contribution >= 4 is 15.7 Å².